The van der Waals surface area contributed by atoms with Gasteiger partial charge >= 0.3 is 0 Å². The highest BCUT2D eigenvalue weighted by Crippen LogP contribution is 2.13. The van der Waals surface area contributed by atoms with E-state index in [1.165, 1.54) is 0 Å². The van der Waals surface area contributed by atoms with Gasteiger partial charge in [-0.25, -0.2) is 0 Å². The number of benzene rings is 1. The largest absolute Gasteiger partial charge is 0.508 e. The number of ketones is 1. The lowest BCUT2D eigenvalue weighted by Gasteiger charge is -2.15. The first-order valence-corrected chi connectivity index (χ1v) is 5.71. The summed E-state index contributed by atoms with van der Waals surface area (Å²) in [6.07, 6.45) is -0.619. The lowest BCUT2D eigenvalue weighted by atomic mass is 10.1. The van der Waals surface area contributed by atoms with Crippen LogP contribution in [0.15, 0.2) is 24.3 Å². The molecule has 1 aromatic rings. The molecule has 0 aromatic heterocycles. The average Bonchev–Trinajstić information content (AvgIpc) is 2.28. The number of ether oxygens (including phenoxy) is 2. The van der Waals surface area contributed by atoms with Gasteiger partial charge in [-0.1, -0.05) is 12.1 Å². The first kappa shape index (κ1) is 13.7. The number of rotatable bonds is 7. The van der Waals surface area contributed by atoms with Gasteiger partial charge in [0.2, 0.25) is 6.29 Å². The maximum absolute atomic E-state index is 11.9. The van der Waals surface area contributed by atoms with Crippen LogP contribution in [0.2, 0.25) is 0 Å². The van der Waals surface area contributed by atoms with E-state index in [9.17, 15) is 9.90 Å². The van der Waals surface area contributed by atoms with E-state index in [1.54, 1.807) is 24.3 Å². The zero-order valence-electron chi connectivity index (χ0n) is 10.2. The minimum atomic E-state index is -0.813. The van der Waals surface area contributed by atoms with Gasteiger partial charge in [0.25, 0.3) is 0 Å². The van der Waals surface area contributed by atoms with Gasteiger partial charge in [0, 0.05) is 19.6 Å². The number of carbonyl (C=O) groups is 1. The quantitative estimate of drug-likeness (QED) is 0.737. The molecule has 0 saturated heterocycles. The highest BCUT2D eigenvalue weighted by Gasteiger charge is 2.18. The molecule has 0 bridgehead atoms. The average molecular weight is 238 g/mol. The second-order valence-electron chi connectivity index (χ2n) is 3.56. The Morgan fingerprint density at radius 3 is 2.47 bits per heavy atom. The van der Waals surface area contributed by atoms with Crippen LogP contribution in [0.3, 0.4) is 0 Å². The first-order valence-electron chi connectivity index (χ1n) is 5.71. The van der Waals surface area contributed by atoms with Crippen molar-refractivity contribution < 1.29 is 19.4 Å². The molecule has 0 fully saturated rings. The summed E-state index contributed by atoms with van der Waals surface area (Å²) >= 11 is 0. The molecule has 4 heteroatoms. The van der Waals surface area contributed by atoms with Crippen molar-refractivity contribution in [2.75, 3.05) is 13.2 Å². The van der Waals surface area contributed by atoms with E-state index in [0.717, 1.165) is 5.56 Å². The van der Waals surface area contributed by atoms with E-state index in [0.29, 0.717) is 13.2 Å². The summed E-state index contributed by atoms with van der Waals surface area (Å²) in [5, 5.41) is 9.30. The third-order valence-corrected chi connectivity index (χ3v) is 2.19. The molecule has 0 unspecified atom stereocenters. The molecule has 0 aliphatic heterocycles. The molecule has 0 radical (unpaired) electrons. The Kier molecular flexibility index (Phi) is 5.66. The summed E-state index contributed by atoms with van der Waals surface area (Å²) in [6.45, 7) is 4.48. The molecule has 0 heterocycles. The lowest BCUT2D eigenvalue weighted by molar-refractivity contribution is -0.167. The molecule has 94 valence electrons. The molecule has 0 spiro atoms. The van der Waals surface area contributed by atoms with E-state index in [1.807, 2.05) is 13.8 Å². The Morgan fingerprint density at radius 2 is 1.94 bits per heavy atom. The van der Waals surface area contributed by atoms with Crippen molar-refractivity contribution in [3.8, 4) is 5.75 Å². The van der Waals surface area contributed by atoms with Crippen molar-refractivity contribution >= 4 is 5.78 Å². The maximum Gasteiger partial charge on any atom is 0.218 e. The molecule has 17 heavy (non-hydrogen) atoms. The number of hydrogen-bond donors (Lipinski definition) is 1. The van der Waals surface area contributed by atoms with E-state index < -0.39 is 6.29 Å². The van der Waals surface area contributed by atoms with Gasteiger partial charge in [-0.15, -0.1) is 0 Å². The normalized spacial score (nSPS) is 10.8. The molecule has 0 atom stereocenters. The second-order valence-corrected chi connectivity index (χ2v) is 3.56. The summed E-state index contributed by atoms with van der Waals surface area (Å²) < 4.78 is 10.4. The molecule has 4 nitrogen and oxygen atoms in total. The zero-order chi connectivity index (χ0) is 12.7. The smallest absolute Gasteiger partial charge is 0.218 e. The van der Waals surface area contributed by atoms with E-state index in [-0.39, 0.29) is 18.0 Å². The van der Waals surface area contributed by atoms with Crippen LogP contribution in [0.4, 0.5) is 0 Å². The highest BCUT2D eigenvalue weighted by molar-refractivity contribution is 5.84. The Bertz CT molecular complexity index is 356. The second kappa shape index (κ2) is 7.04. The van der Waals surface area contributed by atoms with Crippen LogP contribution in [0.25, 0.3) is 0 Å². The van der Waals surface area contributed by atoms with Crippen molar-refractivity contribution in [3.05, 3.63) is 29.8 Å². The predicted octanol–water partition coefficient (Wildman–Crippen LogP) is 1.90. The van der Waals surface area contributed by atoms with Gasteiger partial charge in [-0.3, -0.25) is 4.79 Å². The molecular weight excluding hydrogens is 220 g/mol. The van der Waals surface area contributed by atoms with Gasteiger partial charge in [0.15, 0.2) is 5.78 Å². The molecule has 0 saturated carbocycles. The molecular formula is C13H18O4. The van der Waals surface area contributed by atoms with Gasteiger partial charge in [-0.05, 0) is 31.5 Å². The number of phenolic OH excluding ortho intramolecular Hbond substituents is 1. The van der Waals surface area contributed by atoms with Crippen LogP contribution in [0, 0.1) is 0 Å². The summed E-state index contributed by atoms with van der Waals surface area (Å²) in [5.74, 6) is 0.0129. The summed E-state index contributed by atoms with van der Waals surface area (Å²) in [7, 11) is 0. The Labute approximate surface area is 101 Å². The van der Waals surface area contributed by atoms with E-state index in [4.69, 9.17) is 9.47 Å². The van der Waals surface area contributed by atoms with Gasteiger partial charge in [0.05, 0.1) is 0 Å². The Morgan fingerprint density at radius 1 is 1.29 bits per heavy atom. The fourth-order valence-electron chi connectivity index (χ4n) is 1.49. The number of carbonyl (C=O) groups excluding carboxylic acids is 1. The molecule has 1 rings (SSSR count). The van der Waals surface area contributed by atoms with Crippen molar-refractivity contribution in [3.63, 3.8) is 0 Å². The Balaban J connectivity index is 2.62. The highest BCUT2D eigenvalue weighted by atomic mass is 16.7. The first-order chi connectivity index (χ1) is 8.17. The minimum Gasteiger partial charge on any atom is -0.508 e. The molecule has 0 amide bonds. The van der Waals surface area contributed by atoms with Crippen LogP contribution in [-0.2, 0) is 20.7 Å². The zero-order valence-corrected chi connectivity index (χ0v) is 10.2. The molecule has 1 N–H and O–H groups in total. The fourth-order valence-corrected chi connectivity index (χ4v) is 1.49. The van der Waals surface area contributed by atoms with Crippen LogP contribution in [0.5, 0.6) is 5.75 Å². The standard InChI is InChI=1S/C13H18O4/c1-3-16-13(17-4-2)12(15)9-10-6-5-7-11(14)8-10/h5-8,13-14H,3-4,9H2,1-2H3. The van der Waals surface area contributed by atoms with E-state index in [2.05, 4.69) is 0 Å². The van der Waals surface area contributed by atoms with E-state index >= 15 is 0 Å². The summed E-state index contributed by atoms with van der Waals surface area (Å²) in [6, 6.07) is 6.62. The third-order valence-electron chi connectivity index (χ3n) is 2.19. The predicted molar refractivity (Wildman–Crippen MR) is 63.9 cm³/mol. The summed E-state index contributed by atoms with van der Waals surface area (Å²) in [5.41, 5.74) is 0.749. The van der Waals surface area contributed by atoms with Crippen molar-refractivity contribution in [1.29, 1.82) is 0 Å². The van der Waals surface area contributed by atoms with Crippen molar-refractivity contribution in [2.24, 2.45) is 0 Å². The molecule has 1 aromatic carbocycles. The SMILES string of the molecule is CCOC(OCC)C(=O)Cc1cccc(O)c1. The van der Waals surface area contributed by atoms with Crippen LogP contribution >= 0.6 is 0 Å². The van der Waals surface area contributed by atoms with Crippen LogP contribution < -0.4 is 0 Å². The minimum absolute atomic E-state index is 0.140. The van der Waals surface area contributed by atoms with Crippen LogP contribution in [0.1, 0.15) is 19.4 Å². The maximum atomic E-state index is 11.9. The lowest BCUT2D eigenvalue weighted by Crippen LogP contribution is -2.29. The Hall–Kier alpha value is -1.39. The van der Waals surface area contributed by atoms with Crippen LogP contribution in [-0.4, -0.2) is 30.4 Å². The monoisotopic (exact) mass is 238 g/mol. The number of Topliss-reactive ketones (excluding diaryl/α,β-unsaturated/α-hetero) is 1. The third kappa shape index (κ3) is 4.54. The number of aromatic hydroxyl groups is 1. The molecule has 0 aliphatic carbocycles. The molecule has 0 aliphatic rings. The fraction of sp³-hybridized carbons (Fsp3) is 0.462. The van der Waals surface area contributed by atoms with Gasteiger partial charge < -0.3 is 14.6 Å². The number of hydrogen-bond acceptors (Lipinski definition) is 4. The van der Waals surface area contributed by atoms with Crippen molar-refractivity contribution in [2.45, 2.75) is 26.6 Å². The van der Waals surface area contributed by atoms with Crippen molar-refractivity contribution in [1.82, 2.24) is 0 Å². The topological polar surface area (TPSA) is 55.8 Å². The summed E-state index contributed by atoms with van der Waals surface area (Å²) in [4.78, 5) is 11.9. The number of phenols is 1. The van der Waals surface area contributed by atoms with Gasteiger partial charge in [-0.2, -0.15) is 0 Å². The van der Waals surface area contributed by atoms with Gasteiger partial charge in [0.1, 0.15) is 5.75 Å².